The van der Waals surface area contributed by atoms with Gasteiger partial charge >= 0.3 is 11.9 Å². The average Bonchev–Trinajstić information content (AvgIpc) is 4.00. The second-order valence-corrected chi connectivity index (χ2v) is 12.5. The number of carbonyl (C=O) groups is 2. The summed E-state index contributed by atoms with van der Waals surface area (Å²) < 4.78 is 24.8. The molecule has 0 amide bonds. The molecule has 0 spiro atoms. The molecule has 0 fully saturated rings. The van der Waals surface area contributed by atoms with Gasteiger partial charge < -0.3 is 43.4 Å². The summed E-state index contributed by atoms with van der Waals surface area (Å²) in [4.78, 5) is 41.7. The smallest absolute Gasteiger partial charge is 0.337 e. The quantitative estimate of drug-likeness (QED) is 0.104. The van der Waals surface area contributed by atoms with Crippen molar-refractivity contribution in [1.82, 2.24) is 9.13 Å². The number of fused-ring (bicyclic) bond motifs is 4. The first-order valence-electron chi connectivity index (χ1n) is 16.9. The molecule has 2 unspecified atom stereocenters. The van der Waals surface area contributed by atoms with E-state index in [4.69, 9.17) is 33.8 Å². The van der Waals surface area contributed by atoms with E-state index in [0.717, 1.165) is 27.6 Å². The molecule has 15 nitrogen and oxygen atoms in total. The van der Waals surface area contributed by atoms with Crippen LogP contribution in [0.3, 0.4) is 0 Å². The first kappa shape index (κ1) is 38.6. The summed E-state index contributed by atoms with van der Waals surface area (Å²) in [5, 5.41) is 29.9. The number of ether oxygens (including phenoxy) is 4. The Kier molecular flexibility index (Phi) is 12.2. The molecule has 2 atom stereocenters. The van der Waals surface area contributed by atoms with Gasteiger partial charge in [0.15, 0.2) is 29.1 Å². The Bertz CT molecular complexity index is 2300. The van der Waals surface area contributed by atoms with E-state index in [1.807, 2.05) is 55.3 Å². The fraction of sp³-hybridized carbons (Fsp3) is 0.250. The van der Waals surface area contributed by atoms with Gasteiger partial charge in [-0.15, -0.1) is 0 Å². The largest absolute Gasteiger partial charge is 0.481 e. The molecule has 6 aromatic rings. The first-order chi connectivity index (χ1) is 26.6. The Morgan fingerprint density at radius 1 is 0.673 bits per heavy atom. The van der Waals surface area contributed by atoms with E-state index in [-0.39, 0.29) is 19.1 Å². The van der Waals surface area contributed by atoms with Gasteiger partial charge in [-0.05, 0) is 75.7 Å². The van der Waals surface area contributed by atoms with Gasteiger partial charge in [0.05, 0.1) is 14.2 Å². The summed E-state index contributed by atoms with van der Waals surface area (Å²) in [5.74, 6) is -0.808. The molecule has 55 heavy (non-hydrogen) atoms. The zero-order valence-corrected chi connectivity index (χ0v) is 30.5. The lowest BCUT2D eigenvalue weighted by molar-refractivity contribution is -0.282. The van der Waals surface area contributed by atoms with Gasteiger partial charge in [-0.3, -0.25) is 4.79 Å². The van der Waals surface area contributed by atoms with Crippen LogP contribution in [0.1, 0.15) is 39.8 Å². The Labute approximate surface area is 315 Å². The Balaban J connectivity index is 0.000000155. The van der Waals surface area contributed by atoms with E-state index in [0.29, 0.717) is 41.8 Å². The van der Waals surface area contributed by atoms with E-state index < -0.39 is 24.0 Å². The van der Waals surface area contributed by atoms with Crippen LogP contribution < -0.4 is 18.9 Å². The van der Waals surface area contributed by atoms with Crippen molar-refractivity contribution in [3.05, 3.63) is 119 Å². The van der Waals surface area contributed by atoms with Crippen molar-refractivity contribution in [3.63, 3.8) is 0 Å². The normalized spacial score (nSPS) is 13.5. The standard InChI is InChI=1S/C20H19NO6.C11H13NO2.C9H8O5/c1-21-9-15(14-5-3-12(7-16(14)21)10-27-24-2)19(20(22)23)13-4-6-17-18(8-13)26-11-25-17;1-12-6-5-10-4-3-9(7-11(10)12)8-14-13-2;10-8(9(11)12)5-1-2-6-7(3-5)14-4-13-6/h3-9,19H,10-11H2,1-2H3,(H,22,23);3-7H,8H2,1-2H3;1-3,8,10H,4H2,(H,11,12). The minimum Gasteiger partial charge on any atom is -0.481 e. The lowest BCUT2D eigenvalue weighted by Crippen LogP contribution is -2.12. The lowest BCUT2D eigenvalue weighted by Gasteiger charge is -2.13. The fourth-order valence-electron chi connectivity index (χ4n) is 6.21. The third-order valence-corrected chi connectivity index (χ3v) is 8.96. The molecule has 0 radical (unpaired) electrons. The zero-order chi connectivity index (χ0) is 39.1. The van der Waals surface area contributed by atoms with Crippen molar-refractivity contribution in [3.8, 4) is 23.0 Å². The van der Waals surface area contributed by atoms with Gasteiger partial charge in [0.2, 0.25) is 13.6 Å². The number of carboxylic acid groups (broad SMARTS) is 2. The van der Waals surface area contributed by atoms with Gasteiger partial charge in [-0.25, -0.2) is 24.3 Å². The van der Waals surface area contributed by atoms with Gasteiger partial charge in [0.25, 0.3) is 0 Å². The van der Waals surface area contributed by atoms with E-state index in [9.17, 15) is 19.8 Å². The second kappa shape index (κ2) is 17.4. The van der Waals surface area contributed by atoms with Crippen LogP contribution in [0.25, 0.3) is 21.8 Å². The van der Waals surface area contributed by atoms with Crippen LogP contribution in [0.4, 0.5) is 0 Å². The van der Waals surface area contributed by atoms with E-state index in [2.05, 4.69) is 32.5 Å². The summed E-state index contributed by atoms with van der Waals surface area (Å²) in [6.07, 6.45) is 2.38. The van der Waals surface area contributed by atoms with Crippen LogP contribution in [0.5, 0.6) is 23.0 Å². The molecule has 0 bridgehead atoms. The summed E-state index contributed by atoms with van der Waals surface area (Å²) in [6, 6.07) is 23.9. The average molecular weight is 757 g/mol. The topological polar surface area (TPSA) is 179 Å². The third-order valence-electron chi connectivity index (χ3n) is 8.96. The van der Waals surface area contributed by atoms with Crippen LogP contribution >= 0.6 is 0 Å². The summed E-state index contributed by atoms with van der Waals surface area (Å²) in [6.45, 7) is 1.08. The number of rotatable bonds is 11. The molecule has 4 aromatic carbocycles. The number of hydrogen-bond donors (Lipinski definition) is 3. The van der Waals surface area contributed by atoms with E-state index in [1.54, 1.807) is 24.3 Å². The first-order valence-corrected chi connectivity index (χ1v) is 16.9. The molecule has 0 saturated heterocycles. The number of aliphatic carboxylic acids is 2. The summed E-state index contributed by atoms with van der Waals surface area (Å²) in [7, 11) is 6.90. The Morgan fingerprint density at radius 2 is 1.24 bits per heavy atom. The molecule has 2 aromatic heterocycles. The van der Waals surface area contributed by atoms with Gasteiger partial charge in [0, 0.05) is 42.9 Å². The molecule has 15 heteroatoms. The van der Waals surface area contributed by atoms with Gasteiger partial charge in [0.1, 0.15) is 19.1 Å². The Hall–Kier alpha value is -6.10. The number of carboxylic acids is 2. The molecule has 2 aliphatic rings. The number of benzene rings is 4. The third kappa shape index (κ3) is 8.83. The van der Waals surface area contributed by atoms with Crippen molar-refractivity contribution in [2.75, 3.05) is 27.8 Å². The Morgan fingerprint density at radius 3 is 1.84 bits per heavy atom. The second-order valence-electron chi connectivity index (χ2n) is 12.5. The maximum absolute atomic E-state index is 12.1. The zero-order valence-electron chi connectivity index (χ0n) is 30.5. The van der Waals surface area contributed by atoms with Crippen LogP contribution in [-0.4, -0.2) is 64.2 Å². The SMILES string of the molecule is COOCc1ccc2c(C(C(=O)O)c3ccc4c(c3)OCO4)cn(C)c2c1.COOCc1ccc2ccn(C)c2c1.O=C(O)C(O)c1ccc2c(c1)OCO2. The highest BCUT2D eigenvalue weighted by Gasteiger charge is 2.28. The maximum Gasteiger partial charge on any atom is 0.337 e. The number of aliphatic hydroxyl groups is 1. The fourth-order valence-corrected chi connectivity index (χ4v) is 6.21. The molecule has 2 aliphatic heterocycles. The highest BCUT2D eigenvalue weighted by atomic mass is 17.2. The summed E-state index contributed by atoms with van der Waals surface area (Å²) >= 11 is 0. The number of aryl methyl sites for hydroxylation is 2. The molecule has 8 rings (SSSR count). The van der Waals surface area contributed by atoms with Crippen LogP contribution in [0.15, 0.2) is 91.3 Å². The number of hydrogen-bond acceptors (Lipinski definition) is 11. The van der Waals surface area contributed by atoms with E-state index in [1.165, 1.54) is 37.3 Å². The van der Waals surface area contributed by atoms with Crippen molar-refractivity contribution >= 4 is 33.7 Å². The molecular formula is C40H40N2O13. The van der Waals surface area contributed by atoms with Crippen molar-refractivity contribution < 1.29 is 63.4 Å². The van der Waals surface area contributed by atoms with Crippen molar-refractivity contribution in [1.29, 1.82) is 0 Å². The monoisotopic (exact) mass is 756 g/mol. The molecule has 288 valence electrons. The highest BCUT2D eigenvalue weighted by Crippen LogP contribution is 2.39. The minimum absolute atomic E-state index is 0.127. The molecular weight excluding hydrogens is 716 g/mol. The number of aliphatic hydroxyl groups excluding tert-OH is 1. The predicted molar refractivity (Wildman–Crippen MR) is 197 cm³/mol. The lowest BCUT2D eigenvalue weighted by atomic mass is 9.90. The number of nitrogens with zero attached hydrogens (tertiary/aromatic N) is 2. The van der Waals surface area contributed by atoms with Crippen molar-refractivity contribution in [2.24, 2.45) is 14.1 Å². The molecule has 0 aliphatic carbocycles. The predicted octanol–water partition coefficient (Wildman–Crippen LogP) is 5.99. The highest BCUT2D eigenvalue weighted by molar-refractivity contribution is 5.92. The molecule has 0 saturated carbocycles. The van der Waals surface area contributed by atoms with Crippen LogP contribution in [-0.2, 0) is 56.4 Å². The molecule has 4 heterocycles. The minimum atomic E-state index is -1.52. The van der Waals surface area contributed by atoms with Gasteiger partial charge in [-0.2, -0.15) is 0 Å². The van der Waals surface area contributed by atoms with Crippen LogP contribution in [0.2, 0.25) is 0 Å². The van der Waals surface area contributed by atoms with Gasteiger partial charge in [-0.1, -0.05) is 36.4 Å². The maximum atomic E-state index is 12.1. The molecule has 3 N–H and O–H groups in total. The van der Waals surface area contributed by atoms with Crippen LogP contribution in [0, 0.1) is 0 Å². The number of aromatic nitrogens is 2. The van der Waals surface area contributed by atoms with Crippen molar-refractivity contribution in [2.45, 2.75) is 25.2 Å². The van der Waals surface area contributed by atoms with E-state index >= 15 is 0 Å². The summed E-state index contributed by atoms with van der Waals surface area (Å²) in [5.41, 5.74) is 5.83.